The second-order valence-corrected chi connectivity index (χ2v) is 15.5. The van der Waals surface area contributed by atoms with Gasteiger partial charge in [0.2, 0.25) is 0 Å². The van der Waals surface area contributed by atoms with Gasteiger partial charge in [0.25, 0.3) is 0 Å². The van der Waals surface area contributed by atoms with E-state index >= 15 is 0 Å². The van der Waals surface area contributed by atoms with Gasteiger partial charge in [-0.25, -0.2) is 9.97 Å². The second kappa shape index (κ2) is 13.9. The van der Waals surface area contributed by atoms with Gasteiger partial charge in [-0.05, 0) is 107 Å². The zero-order valence-electron chi connectivity index (χ0n) is 32.7. The van der Waals surface area contributed by atoms with Gasteiger partial charge in [0.1, 0.15) is 12.0 Å². The highest BCUT2D eigenvalue weighted by atomic mass is 15.3. The third-order valence-electron chi connectivity index (χ3n) is 12.2. The summed E-state index contributed by atoms with van der Waals surface area (Å²) in [4.78, 5) is 14.0. The van der Waals surface area contributed by atoms with Crippen LogP contribution in [0.1, 0.15) is 0 Å². The van der Waals surface area contributed by atoms with Gasteiger partial charge >= 0.3 is 0 Å². The second-order valence-electron chi connectivity index (χ2n) is 15.5. The number of fused-ring (bicyclic) bond motifs is 7. The van der Waals surface area contributed by atoms with Crippen molar-refractivity contribution in [2.75, 3.05) is 22.9 Å². The van der Waals surface area contributed by atoms with Crippen LogP contribution in [0.15, 0.2) is 207 Å². The zero-order chi connectivity index (χ0) is 39.6. The van der Waals surface area contributed by atoms with E-state index in [4.69, 9.17) is 4.98 Å². The van der Waals surface area contributed by atoms with Gasteiger partial charge in [0.15, 0.2) is 5.82 Å². The molecule has 0 spiro atoms. The third-order valence-corrected chi connectivity index (χ3v) is 12.2. The Bertz CT molecular complexity index is 3140. The van der Waals surface area contributed by atoms with Gasteiger partial charge in [0.05, 0.1) is 28.3 Å². The molecule has 1 aliphatic heterocycles. The predicted molar refractivity (Wildman–Crippen MR) is 248 cm³/mol. The molecular formula is C54H38N6. The number of rotatable bonds is 6. The molecule has 1 aliphatic rings. The molecule has 8 aromatic carbocycles. The summed E-state index contributed by atoms with van der Waals surface area (Å²) in [5.74, 6) is 0.906. The number of hydrogen-bond donors (Lipinski definition) is 0. The first-order chi connectivity index (χ1) is 29.8. The molecule has 0 bridgehead atoms. The molecule has 0 fully saturated rings. The van der Waals surface area contributed by atoms with Crippen LogP contribution in [0.25, 0.3) is 77.2 Å². The Morgan fingerprint density at radius 3 is 1.32 bits per heavy atom. The van der Waals surface area contributed by atoms with Crippen LogP contribution >= 0.6 is 0 Å². The minimum atomic E-state index is 0.790. The number of benzene rings is 8. The van der Waals surface area contributed by atoms with E-state index in [0.717, 1.165) is 36.0 Å². The summed E-state index contributed by atoms with van der Waals surface area (Å²) in [7, 11) is 0. The average Bonchev–Trinajstić information content (AvgIpc) is 3.84. The monoisotopic (exact) mass is 770 g/mol. The molecule has 3 aromatic heterocycles. The summed E-state index contributed by atoms with van der Waals surface area (Å²) in [5.41, 5.74) is 15.1. The van der Waals surface area contributed by atoms with Crippen molar-refractivity contribution in [1.29, 1.82) is 0 Å². The summed E-state index contributed by atoms with van der Waals surface area (Å²) >= 11 is 0. The number of nitrogens with zero attached hydrogens (tertiary/aromatic N) is 6. The fourth-order valence-electron chi connectivity index (χ4n) is 9.34. The Morgan fingerprint density at radius 1 is 0.350 bits per heavy atom. The molecule has 0 saturated carbocycles. The molecule has 4 heterocycles. The van der Waals surface area contributed by atoms with Crippen LogP contribution in [-0.2, 0) is 0 Å². The van der Waals surface area contributed by atoms with Crippen molar-refractivity contribution >= 4 is 66.5 Å². The largest absolute Gasteiger partial charge is 0.335 e. The first-order valence-corrected chi connectivity index (χ1v) is 20.5. The van der Waals surface area contributed by atoms with Crippen LogP contribution < -0.4 is 9.80 Å². The smallest absolute Gasteiger partial charge is 0.160 e. The average molecular weight is 771 g/mol. The van der Waals surface area contributed by atoms with Crippen molar-refractivity contribution < 1.29 is 0 Å². The van der Waals surface area contributed by atoms with E-state index in [-0.39, 0.29) is 0 Å². The molecule has 0 atom stereocenters. The molecule has 0 saturated heterocycles. The molecule has 0 amide bonds. The Hall–Kier alpha value is -7.96. The lowest BCUT2D eigenvalue weighted by Crippen LogP contribution is -2.37. The maximum Gasteiger partial charge on any atom is 0.160 e. The highest BCUT2D eigenvalue weighted by Crippen LogP contribution is 2.41. The van der Waals surface area contributed by atoms with Crippen LogP contribution in [0.5, 0.6) is 0 Å². The molecule has 11 aromatic rings. The third kappa shape index (κ3) is 5.49. The Balaban J connectivity index is 0.828. The Labute approximate surface area is 347 Å². The van der Waals surface area contributed by atoms with Crippen molar-refractivity contribution in [3.8, 4) is 33.6 Å². The van der Waals surface area contributed by atoms with Crippen molar-refractivity contribution in [1.82, 2.24) is 19.1 Å². The maximum atomic E-state index is 4.84. The van der Waals surface area contributed by atoms with E-state index < -0.39 is 0 Å². The number of aromatic nitrogens is 4. The van der Waals surface area contributed by atoms with E-state index in [1.54, 1.807) is 6.33 Å². The molecule has 12 rings (SSSR count). The minimum absolute atomic E-state index is 0.790. The maximum absolute atomic E-state index is 4.84. The van der Waals surface area contributed by atoms with Crippen molar-refractivity contribution in [3.05, 3.63) is 207 Å². The number of hydrogen-bond acceptors (Lipinski definition) is 4. The van der Waals surface area contributed by atoms with Gasteiger partial charge in [-0.15, -0.1) is 0 Å². The molecule has 6 nitrogen and oxygen atoms in total. The number of para-hydroxylation sites is 4. The van der Waals surface area contributed by atoms with Gasteiger partial charge in [-0.3, -0.25) is 0 Å². The molecule has 284 valence electrons. The van der Waals surface area contributed by atoms with Crippen molar-refractivity contribution in [2.45, 2.75) is 0 Å². The highest BCUT2D eigenvalue weighted by Gasteiger charge is 2.26. The lowest BCUT2D eigenvalue weighted by molar-refractivity contribution is 0.825. The first-order valence-electron chi connectivity index (χ1n) is 20.5. The summed E-state index contributed by atoms with van der Waals surface area (Å²) < 4.78 is 4.72. The fraction of sp³-hybridized carbons (Fsp3) is 0.0370. The van der Waals surface area contributed by atoms with Gasteiger partial charge in [0, 0.05) is 57.4 Å². The lowest BCUT2D eigenvalue weighted by Gasteiger charge is -2.37. The normalized spacial score (nSPS) is 12.8. The molecule has 0 N–H and O–H groups in total. The molecule has 6 heteroatoms. The molecular weight excluding hydrogens is 733 g/mol. The zero-order valence-corrected chi connectivity index (χ0v) is 32.7. The number of anilines is 4. The summed E-state index contributed by atoms with van der Waals surface area (Å²) in [6.45, 7) is 1.59. The topological polar surface area (TPSA) is 42.1 Å². The van der Waals surface area contributed by atoms with Crippen molar-refractivity contribution in [2.24, 2.45) is 0 Å². The van der Waals surface area contributed by atoms with Crippen LogP contribution in [0, 0.1) is 0 Å². The van der Waals surface area contributed by atoms with E-state index in [1.165, 1.54) is 77.2 Å². The Kier molecular flexibility index (Phi) is 7.88. The standard InChI is InChI=1S/C54H38N6/c1-3-11-43(12-4-1)59-49-17-9-7-15-45(49)47-33-39(23-29-51(47)59)37-19-25-41(26-20-37)57-31-32-58(54-53(57)35-55-36-56-54)42-27-21-38(22-28-42)40-24-30-52-48(34-40)46-16-8-10-18-50(46)60(52)44-13-5-2-6-14-44/h1-30,33-36H,31-32H2. The molecule has 0 radical (unpaired) electrons. The van der Waals surface area contributed by atoms with E-state index in [2.05, 4.69) is 218 Å². The van der Waals surface area contributed by atoms with Crippen LogP contribution in [0.2, 0.25) is 0 Å². The van der Waals surface area contributed by atoms with Gasteiger partial charge < -0.3 is 18.9 Å². The lowest BCUT2D eigenvalue weighted by atomic mass is 10.0. The van der Waals surface area contributed by atoms with Gasteiger partial charge in [-0.1, -0.05) is 109 Å². The van der Waals surface area contributed by atoms with E-state index in [1.807, 2.05) is 6.20 Å². The van der Waals surface area contributed by atoms with Crippen LogP contribution in [-0.4, -0.2) is 32.2 Å². The summed E-state index contributed by atoms with van der Waals surface area (Å²) in [6, 6.07) is 70.1. The van der Waals surface area contributed by atoms with Crippen LogP contribution in [0.4, 0.5) is 22.9 Å². The van der Waals surface area contributed by atoms with E-state index in [0.29, 0.717) is 0 Å². The SMILES string of the molecule is c1ccc(-n2c3ccccc3c3cc(-c4ccc(N5CCN(c6ccc(-c7ccc8c(c7)c7ccccc7n8-c7ccccc7)cc6)c6ncncc65)cc4)ccc32)cc1. The minimum Gasteiger partial charge on any atom is -0.335 e. The quantitative estimate of drug-likeness (QED) is 0.169. The molecule has 0 unspecified atom stereocenters. The molecule has 60 heavy (non-hydrogen) atoms. The summed E-state index contributed by atoms with van der Waals surface area (Å²) in [6.07, 6.45) is 3.59. The highest BCUT2D eigenvalue weighted by molar-refractivity contribution is 6.11. The van der Waals surface area contributed by atoms with Gasteiger partial charge in [-0.2, -0.15) is 0 Å². The molecule has 0 aliphatic carbocycles. The predicted octanol–water partition coefficient (Wildman–Crippen LogP) is 13.3. The van der Waals surface area contributed by atoms with E-state index in [9.17, 15) is 0 Å². The Morgan fingerprint density at radius 2 is 0.783 bits per heavy atom. The van der Waals surface area contributed by atoms with Crippen LogP contribution in [0.3, 0.4) is 0 Å². The fourth-order valence-corrected chi connectivity index (χ4v) is 9.34. The van der Waals surface area contributed by atoms with Crippen molar-refractivity contribution in [3.63, 3.8) is 0 Å². The first kappa shape index (κ1) is 34.1. The summed E-state index contributed by atoms with van der Waals surface area (Å²) in [5, 5.41) is 5.01.